The highest BCUT2D eigenvalue weighted by molar-refractivity contribution is 5.81. The van der Waals surface area contributed by atoms with Crippen LogP contribution in [0.3, 0.4) is 0 Å². The lowest BCUT2D eigenvalue weighted by atomic mass is 10.2. The van der Waals surface area contributed by atoms with Gasteiger partial charge in [0, 0.05) is 25.0 Å². The van der Waals surface area contributed by atoms with E-state index in [0.29, 0.717) is 13.1 Å². The Bertz CT molecular complexity index is 403. The molecule has 0 bridgehead atoms. The van der Waals surface area contributed by atoms with Gasteiger partial charge in [-0.3, -0.25) is 9.59 Å². The highest BCUT2D eigenvalue weighted by Gasteiger charge is 2.30. The van der Waals surface area contributed by atoms with Crippen LogP contribution >= 0.6 is 0 Å². The second kappa shape index (κ2) is 7.28. The zero-order valence-corrected chi connectivity index (χ0v) is 12.1. The molecule has 7 nitrogen and oxygen atoms in total. The summed E-state index contributed by atoms with van der Waals surface area (Å²) in [5, 5.41) is 14.4. The summed E-state index contributed by atoms with van der Waals surface area (Å²) in [5.74, 6) is -0.802. The van der Waals surface area contributed by atoms with Crippen molar-refractivity contribution in [3.63, 3.8) is 0 Å². The summed E-state index contributed by atoms with van der Waals surface area (Å²) >= 11 is 0. The number of carboxylic acids is 1. The Hall–Kier alpha value is -1.79. The first-order valence-corrected chi connectivity index (χ1v) is 7.62. The third-order valence-corrected chi connectivity index (χ3v) is 3.98. The maximum absolute atomic E-state index is 12.1. The number of carbonyl (C=O) groups is 3. The van der Waals surface area contributed by atoms with Gasteiger partial charge in [0.05, 0.1) is 0 Å². The number of aliphatic carboxylic acids is 1. The number of hydrogen-bond donors (Lipinski definition) is 3. The zero-order valence-electron chi connectivity index (χ0n) is 12.1. The fraction of sp³-hybridized carbons (Fsp3) is 0.786. The van der Waals surface area contributed by atoms with Crippen molar-refractivity contribution < 1.29 is 19.5 Å². The van der Waals surface area contributed by atoms with Crippen molar-refractivity contribution in [1.29, 1.82) is 0 Å². The van der Waals surface area contributed by atoms with Gasteiger partial charge < -0.3 is 20.6 Å². The zero-order chi connectivity index (χ0) is 15.2. The van der Waals surface area contributed by atoms with Gasteiger partial charge in [-0.1, -0.05) is 12.8 Å². The van der Waals surface area contributed by atoms with Gasteiger partial charge in [0.25, 0.3) is 0 Å². The number of amides is 3. The molecule has 2 rings (SSSR count). The van der Waals surface area contributed by atoms with Gasteiger partial charge in [-0.25, -0.2) is 4.79 Å². The molecule has 0 aromatic carbocycles. The van der Waals surface area contributed by atoms with Gasteiger partial charge in [0.15, 0.2) is 0 Å². The van der Waals surface area contributed by atoms with E-state index in [1.165, 1.54) is 4.90 Å². The second-order valence-electron chi connectivity index (χ2n) is 5.76. The number of carbonyl (C=O) groups excluding carboxylic acids is 2. The van der Waals surface area contributed by atoms with Crippen molar-refractivity contribution >= 4 is 17.9 Å². The topological polar surface area (TPSA) is 98.7 Å². The van der Waals surface area contributed by atoms with E-state index in [-0.39, 0.29) is 30.4 Å². The molecule has 0 unspecified atom stereocenters. The maximum Gasteiger partial charge on any atom is 0.323 e. The number of urea groups is 1. The van der Waals surface area contributed by atoms with Crippen molar-refractivity contribution in [2.75, 3.05) is 19.6 Å². The maximum atomic E-state index is 12.1. The van der Waals surface area contributed by atoms with Gasteiger partial charge in [-0.15, -0.1) is 0 Å². The van der Waals surface area contributed by atoms with Gasteiger partial charge in [0.1, 0.15) is 6.54 Å². The highest BCUT2D eigenvalue weighted by Crippen LogP contribution is 2.28. The first-order chi connectivity index (χ1) is 10.1. The molecule has 3 amide bonds. The van der Waals surface area contributed by atoms with Crippen molar-refractivity contribution in [2.24, 2.45) is 5.92 Å². The van der Waals surface area contributed by atoms with Crippen LogP contribution in [0.5, 0.6) is 0 Å². The molecule has 2 saturated carbocycles. The summed E-state index contributed by atoms with van der Waals surface area (Å²) in [6.45, 7) is 0.428. The normalized spacial score (nSPS) is 18.3. The average Bonchev–Trinajstić information content (AvgIpc) is 3.16. The van der Waals surface area contributed by atoms with Gasteiger partial charge in [-0.05, 0) is 25.7 Å². The fourth-order valence-electron chi connectivity index (χ4n) is 2.67. The smallest absolute Gasteiger partial charge is 0.323 e. The molecule has 0 heterocycles. The Balaban J connectivity index is 1.71. The summed E-state index contributed by atoms with van der Waals surface area (Å²) in [4.78, 5) is 35.8. The predicted molar refractivity (Wildman–Crippen MR) is 75.7 cm³/mol. The molecule has 2 aliphatic carbocycles. The molecule has 3 N–H and O–H groups in total. The number of nitrogens with zero attached hydrogens (tertiary/aromatic N) is 1. The molecule has 0 radical (unpaired) electrons. The standard InChI is InChI=1S/C14H23N3O4/c18-12(19)9-17(11-3-1-2-4-11)14(21)16-8-7-15-13(20)10-5-6-10/h10-11H,1-9H2,(H,15,20)(H,16,21)(H,18,19). The Morgan fingerprint density at radius 3 is 2.19 bits per heavy atom. The largest absolute Gasteiger partial charge is 0.480 e. The molecule has 2 fully saturated rings. The third-order valence-electron chi connectivity index (χ3n) is 3.98. The molecule has 0 atom stereocenters. The summed E-state index contributed by atoms with van der Waals surface area (Å²) in [6, 6.07) is -0.341. The average molecular weight is 297 g/mol. The van der Waals surface area contributed by atoms with E-state index >= 15 is 0 Å². The van der Waals surface area contributed by atoms with Crippen molar-refractivity contribution in [1.82, 2.24) is 15.5 Å². The molecule has 0 aromatic heterocycles. The molecule has 0 aromatic rings. The Kier molecular flexibility index (Phi) is 5.41. The first kappa shape index (κ1) is 15.6. The van der Waals surface area contributed by atoms with E-state index in [1.54, 1.807) is 0 Å². The Morgan fingerprint density at radius 1 is 1.00 bits per heavy atom. The van der Waals surface area contributed by atoms with Crippen LogP contribution in [0.2, 0.25) is 0 Å². The minimum atomic E-state index is -1.00. The van der Waals surface area contributed by atoms with Gasteiger partial charge in [0.2, 0.25) is 5.91 Å². The molecule has 21 heavy (non-hydrogen) atoms. The van der Waals surface area contributed by atoms with Crippen molar-refractivity contribution in [2.45, 2.75) is 44.6 Å². The lowest BCUT2D eigenvalue weighted by molar-refractivity contribution is -0.138. The quantitative estimate of drug-likeness (QED) is 0.598. The highest BCUT2D eigenvalue weighted by atomic mass is 16.4. The van der Waals surface area contributed by atoms with Gasteiger partial charge >= 0.3 is 12.0 Å². The number of nitrogens with one attached hydrogen (secondary N) is 2. The van der Waals surface area contributed by atoms with Crippen LogP contribution in [0.1, 0.15) is 38.5 Å². The molecule has 2 aliphatic rings. The minimum absolute atomic E-state index is 0.0159. The van der Waals surface area contributed by atoms with E-state index in [4.69, 9.17) is 5.11 Å². The number of carboxylic acid groups (broad SMARTS) is 1. The van der Waals surface area contributed by atoms with Crippen LogP contribution in [0.25, 0.3) is 0 Å². The number of rotatable bonds is 7. The van der Waals surface area contributed by atoms with Crippen LogP contribution < -0.4 is 10.6 Å². The van der Waals surface area contributed by atoms with Crippen molar-refractivity contribution in [3.8, 4) is 0 Å². The van der Waals surface area contributed by atoms with E-state index in [9.17, 15) is 14.4 Å². The molecule has 0 aliphatic heterocycles. The second-order valence-corrected chi connectivity index (χ2v) is 5.76. The molecule has 118 valence electrons. The van der Waals surface area contributed by atoms with E-state index in [2.05, 4.69) is 10.6 Å². The van der Waals surface area contributed by atoms with Gasteiger partial charge in [-0.2, -0.15) is 0 Å². The SMILES string of the molecule is O=C(O)CN(C(=O)NCCNC(=O)C1CC1)C1CCCC1. The van der Waals surface area contributed by atoms with Crippen LogP contribution in [-0.4, -0.2) is 53.6 Å². The lowest BCUT2D eigenvalue weighted by Gasteiger charge is -2.27. The summed E-state index contributed by atoms with van der Waals surface area (Å²) in [7, 11) is 0. The Morgan fingerprint density at radius 2 is 1.62 bits per heavy atom. The van der Waals surface area contributed by atoms with E-state index < -0.39 is 5.97 Å². The molecule has 0 saturated heterocycles. The molecule has 0 spiro atoms. The molecular formula is C14H23N3O4. The third kappa shape index (κ3) is 4.91. The van der Waals surface area contributed by atoms with Crippen LogP contribution in [0, 0.1) is 5.92 Å². The summed E-state index contributed by atoms with van der Waals surface area (Å²) in [6.07, 6.45) is 5.69. The van der Waals surface area contributed by atoms with E-state index in [1.807, 2.05) is 0 Å². The Labute approximate surface area is 124 Å². The van der Waals surface area contributed by atoms with E-state index in [0.717, 1.165) is 38.5 Å². The van der Waals surface area contributed by atoms with Crippen LogP contribution in [0.4, 0.5) is 4.79 Å². The van der Waals surface area contributed by atoms with Crippen molar-refractivity contribution in [3.05, 3.63) is 0 Å². The molecule has 7 heteroatoms. The fourth-order valence-corrected chi connectivity index (χ4v) is 2.67. The molecular weight excluding hydrogens is 274 g/mol. The minimum Gasteiger partial charge on any atom is -0.480 e. The predicted octanol–water partition coefficient (Wildman–Crippen LogP) is 0.551. The number of hydrogen-bond acceptors (Lipinski definition) is 3. The first-order valence-electron chi connectivity index (χ1n) is 7.62. The monoisotopic (exact) mass is 297 g/mol. The summed E-state index contributed by atoms with van der Waals surface area (Å²) < 4.78 is 0. The van der Waals surface area contributed by atoms with Crippen LogP contribution in [0.15, 0.2) is 0 Å². The summed E-state index contributed by atoms with van der Waals surface area (Å²) in [5.41, 5.74) is 0. The van der Waals surface area contributed by atoms with Crippen LogP contribution in [-0.2, 0) is 9.59 Å². The lowest BCUT2D eigenvalue weighted by Crippen LogP contribution is -2.49.